The molecule has 0 radical (unpaired) electrons. The molecule has 2 aromatic rings. The Morgan fingerprint density at radius 3 is 2.67 bits per heavy atom. The van der Waals surface area contributed by atoms with Gasteiger partial charge in [0.05, 0.1) is 6.33 Å². The molecule has 1 aromatic heterocycles. The van der Waals surface area contributed by atoms with Crippen molar-refractivity contribution < 1.29 is 20.1 Å². The van der Waals surface area contributed by atoms with E-state index in [9.17, 15) is 15.0 Å². The number of benzene rings is 1. The van der Waals surface area contributed by atoms with Gasteiger partial charge in [-0.1, -0.05) is 6.07 Å². The number of aromatic amines is 1. The Labute approximate surface area is 120 Å². The van der Waals surface area contributed by atoms with Crippen LogP contribution in [0.3, 0.4) is 0 Å². The van der Waals surface area contributed by atoms with Crippen LogP contribution in [0.15, 0.2) is 35.7 Å². The largest absolute Gasteiger partial charge is 0.508 e. The molecule has 1 heterocycles. The van der Waals surface area contributed by atoms with E-state index in [0.717, 1.165) is 0 Å². The summed E-state index contributed by atoms with van der Waals surface area (Å²) in [6.07, 6.45) is 4.73. The van der Waals surface area contributed by atoms with E-state index < -0.39 is 12.0 Å². The molecule has 0 aliphatic rings. The highest BCUT2D eigenvalue weighted by molar-refractivity contribution is 5.77. The lowest BCUT2D eigenvalue weighted by atomic mass is 10.1. The normalized spacial score (nSPS) is 12.6. The minimum absolute atomic E-state index is 0.0538. The standard InChI is InChI=1S/C14H15N3O4/c18-12-2-1-3-13(19)10(12)4-5-16-11(14(20)21)6-9-7-15-8-17-9/h1-3,5,7-8,11,18-19H,4,6H2,(H,15,17)(H,20,21)/t11-/m0/s1. The van der Waals surface area contributed by atoms with Crippen molar-refractivity contribution >= 4 is 12.2 Å². The van der Waals surface area contributed by atoms with Crippen molar-refractivity contribution in [2.24, 2.45) is 4.99 Å². The topological polar surface area (TPSA) is 119 Å². The van der Waals surface area contributed by atoms with E-state index in [1.807, 2.05) is 0 Å². The Hall–Kier alpha value is -2.83. The molecule has 0 aliphatic heterocycles. The number of aliphatic imine (C=N–C) groups is 1. The zero-order valence-electron chi connectivity index (χ0n) is 11.1. The van der Waals surface area contributed by atoms with Gasteiger partial charge in [0, 0.05) is 36.5 Å². The van der Waals surface area contributed by atoms with Crippen molar-refractivity contribution in [3.05, 3.63) is 42.0 Å². The molecule has 0 aliphatic carbocycles. The van der Waals surface area contributed by atoms with Crippen LogP contribution in [0.1, 0.15) is 11.3 Å². The summed E-state index contributed by atoms with van der Waals surface area (Å²) < 4.78 is 0. The van der Waals surface area contributed by atoms with Crippen molar-refractivity contribution in [2.45, 2.75) is 18.9 Å². The SMILES string of the molecule is O=C(O)[C@H](Cc1cnc[nH]1)N=CCc1c(O)cccc1O. The second-order valence-electron chi connectivity index (χ2n) is 4.45. The molecule has 0 fully saturated rings. The van der Waals surface area contributed by atoms with Crippen LogP contribution in [0.25, 0.3) is 0 Å². The molecule has 2 rings (SSSR count). The van der Waals surface area contributed by atoms with Gasteiger partial charge in [0.1, 0.15) is 11.5 Å². The highest BCUT2D eigenvalue weighted by atomic mass is 16.4. The maximum atomic E-state index is 11.2. The third kappa shape index (κ3) is 3.82. The number of aromatic nitrogens is 2. The third-order valence-electron chi connectivity index (χ3n) is 2.96. The monoisotopic (exact) mass is 289 g/mol. The number of hydrogen-bond donors (Lipinski definition) is 4. The molecule has 1 aromatic carbocycles. The van der Waals surface area contributed by atoms with Crippen LogP contribution in [0.2, 0.25) is 0 Å². The van der Waals surface area contributed by atoms with Gasteiger partial charge in [0.25, 0.3) is 0 Å². The predicted molar refractivity (Wildman–Crippen MR) is 75.7 cm³/mol. The van der Waals surface area contributed by atoms with E-state index >= 15 is 0 Å². The lowest BCUT2D eigenvalue weighted by Gasteiger charge is -2.06. The Morgan fingerprint density at radius 1 is 1.38 bits per heavy atom. The number of aromatic hydroxyl groups is 2. The zero-order valence-corrected chi connectivity index (χ0v) is 11.1. The van der Waals surface area contributed by atoms with E-state index in [1.54, 1.807) is 6.20 Å². The van der Waals surface area contributed by atoms with Crippen LogP contribution in [0, 0.1) is 0 Å². The summed E-state index contributed by atoms with van der Waals surface area (Å²) in [5, 5.41) is 28.4. The number of H-pyrrole nitrogens is 1. The summed E-state index contributed by atoms with van der Waals surface area (Å²) in [7, 11) is 0. The number of phenols is 2. The molecule has 4 N–H and O–H groups in total. The predicted octanol–water partition coefficient (Wildman–Crippen LogP) is 1.13. The van der Waals surface area contributed by atoms with E-state index in [0.29, 0.717) is 11.3 Å². The number of imidazole rings is 1. The number of nitrogens with one attached hydrogen (secondary N) is 1. The van der Waals surface area contributed by atoms with Gasteiger partial charge < -0.3 is 20.3 Å². The first-order valence-corrected chi connectivity index (χ1v) is 6.29. The van der Waals surface area contributed by atoms with Gasteiger partial charge in [-0.2, -0.15) is 0 Å². The molecule has 0 bridgehead atoms. The lowest BCUT2D eigenvalue weighted by Crippen LogP contribution is -2.21. The molecular weight excluding hydrogens is 274 g/mol. The fourth-order valence-corrected chi connectivity index (χ4v) is 1.85. The number of hydrogen-bond acceptors (Lipinski definition) is 5. The van der Waals surface area contributed by atoms with Crippen molar-refractivity contribution in [2.75, 3.05) is 0 Å². The van der Waals surface area contributed by atoms with Gasteiger partial charge in [0.2, 0.25) is 0 Å². The summed E-state index contributed by atoms with van der Waals surface area (Å²) in [5.41, 5.74) is 0.983. The molecule has 7 nitrogen and oxygen atoms in total. The Kier molecular flexibility index (Phi) is 4.55. The number of carbonyl (C=O) groups is 1. The van der Waals surface area contributed by atoms with Crippen molar-refractivity contribution in [3.8, 4) is 11.5 Å². The van der Waals surface area contributed by atoms with E-state index in [1.165, 1.54) is 30.7 Å². The number of carboxylic acids is 1. The van der Waals surface area contributed by atoms with E-state index in [-0.39, 0.29) is 24.3 Å². The maximum absolute atomic E-state index is 11.2. The first kappa shape index (κ1) is 14.6. The van der Waals surface area contributed by atoms with Crippen molar-refractivity contribution in [1.29, 1.82) is 0 Å². The molecule has 110 valence electrons. The van der Waals surface area contributed by atoms with Crippen LogP contribution in [0.4, 0.5) is 0 Å². The molecule has 7 heteroatoms. The fourth-order valence-electron chi connectivity index (χ4n) is 1.85. The Bertz CT molecular complexity index is 617. The lowest BCUT2D eigenvalue weighted by molar-refractivity contribution is -0.138. The first-order chi connectivity index (χ1) is 10.1. The summed E-state index contributed by atoms with van der Waals surface area (Å²) in [6.45, 7) is 0. The first-order valence-electron chi connectivity index (χ1n) is 6.29. The maximum Gasteiger partial charge on any atom is 0.328 e. The Balaban J connectivity index is 2.05. The van der Waals surface area contributed by atoms with Crippen LogP contribution in [-0.4, -0.2) is 43.5 Å². The van der Waals surface area contributed by atoms with Gasteiger partial charge in [-0.05, 0) is 12.1 Å². The molecule has 0 unspecified atom stereocenters. The van der Waals surface area contributed by atoms with Crippen LogP contribution < -0.4 is 0 Å². The van der Waals surface area contributed by atoms with Crippen LogP contribution in [-0.2, 0) is 17.6 Å². The van der Waals surface area contributed by atoms with Gasteiger partial charge in [-0.15, -0.1) is 0 Å². The second kappa shape index (κ2) is 6.56. The second-order valence-corrected chi connectivity index (χ2v) is 4.45. The number of nitrogens with zero attached hydrogens (tertiary/aromatic N) is 2. The molecule has 0 saturated carbocycles. The van der Waals surface area contributed by atoms with Crippen LogP contribution in [0.5, 0.6) is 11.5 Å². The summed E-state index contributed by atoms with van der Waals surface area (Å²) in [6, 6.07) is 3.46. The third-order valence-corrected chi connectivity index (χ3v) is 2.96. The average molecular weight is 289 g/mol. The smallest absolute Gasteiger partial charge is 0.328 e. The average Bonchev–Trinajstić information content (AvgIpc) is 2.93. The fraction of sp³-hybridized carbons (Fsp3) is 0.214. The van der Waals surface area contributed by atoms with Gasteiger partial charge in [-0.25, -0.2) is 9.78 Å². The number of phenolic OH excluding ortho intramolecular Hbond substituents is 2. The number of rotatable bonds is 6. The van der Waals surface area contributed by atoms with E-state index in [2.05, 4.69) is 15.0 Å². The Morgan fingerprint density at radius 2 is 2.10 bits per heavy atom. The molecular formula is C14H15N3O4. The van der Waals surface area contributed by atoms with Crippen LogP contribution >= 0.6 is 0 Å². The van der Waals surface area contributed by atoms with Gasteiger partial charge in [0.15, 0.2) is 6.04 Å². The van der Waals surface area contributed by atoms with Gasteiger partial charge >= 0.3 is 5.97 Å². The molecule has 0 amide bonds. The highest BCUT2D eigenvalue weighted by Gasteiger charge is 2.16. The minimum atomic E-state index is -1.05. The number of aliphatic carboxylic acids is 1. The molecule has 0 saturated heterocycles. The minimum Gasteiger partial charge on any atom is -0.508 e. The summed E-state index contributed by atoms with van der Waals surface area (Å²) >= 11 is 0. The van der Waals surface area contributed by atoms with Crippen molar-refractivity contribution in [1.82, 2.24) is 9.97 Å². The number of carboxylic acid groups (broad SMARTS) is 1. The molecule has 1 atom stereocenters. The zero-order chi connectivity index (χ0) is 15.2. The molecule has 21 heavy (non-hydrogen) atoms. The summed E-state index contributed by atoms with van der Waals surface area (Å²) in [5.74, 6) is -1.16. The quantitative estimate of drug-likeness (QED) is 0.594. The van der Waals surface area contributed by atoms with Crippen molar-refractivity contribution in [3.63, 3.8) is 0 Å². The molecule has 0 spiro atoms. The van der Waals surface area contributed by atoms with Gasteiger partial charge in [-0.3, -0.25) is 4.99 Å². The summed E-state index contributed by atoms with van der Waals surface area (Å²) in [4.78, 5) is 21.8. The highest BCUT2D eigenvalue weighted by Crippen LogP contribution is 2.25. The van der Waals surface area contributed by atoms with E-state index in [4.69, 9.17) is 5.11 Å².